The van der Waals surface area contributed by atoms with Gasteiger partial charge in [-0.1, -0.05) is 13.8 Å². The maximum absolute atomic E-state index is 12.0. The molecule has 106 valence electrons. The lowest BCUT2D eigenvalue weighted by molar-refractivity contribution is -0.140. The molecule has 1 saturated carbocycles. The standard InChI is InChI=1S/C13H14N2O5/c1-13(2)8(9(13)12(19)20)10(16)15-7-3-6(11(17)18)4-14-5-7/h3-5,8-9H,1-2H3,(H,15,16)(H,17,18)(H,19,20)/t8-,9+/m0/s1. The Morgan fingerprint density at radius 2 is 1.85 bits per heavy atom. The summed E-state index contributed by atoms with van der Waals surface area (Å²) in [4.78, 5) is 37.6. The predicted octanol–water partition coefficient (Wildman–Crippen LogP) is 1.08. The Bertz CT molecular complexity index is 596. The molecule has 20 heavy (non-hydrogen) atoms. The van der Waals surface area contributed by atoms with Crippen molar-refractivity contribution < 1.29 is 24.6 Å². The Labute approximate surface area is 114 Å². The number of aromatic carboxylic acids is 1. The molecule has 0 aromatic carbocycles. The second kappa shape index (κ2) is 4.59. The van der Waals surface area contributed by atoms with E-state index in [4.69, 9.17) is 10.2 Å². The number of amides is 1. The SMILES string of the molecule is CC1(C)[C@H](C(=O)Nc2cncc(C(=O)O)c2)[C@@H]1C(=O)O. The topological polar surface area (TPSA) is 117 Å². The van der Waals surface area contributed by atoms with Gasteiger partial charge in [0.25, 0.3) is 0 Å². The van der Waals surface area contributed by atoms with Crippen molar-refractivity contribution in [2.45, 2.75) is 13.8 Å². The maximum Gasteiger partial charge on any atom is 0.337 e. The molecule has 7 heteroatoms. The molecule has 1 heterocycles. The zero-order chi connectivity index (χ0) is 15.1. The highest BCUT2D eigenvalue weighted by atomic mass is 16.4. The van der Waals surface area contributed by atoms with E-state index in [0.29, 0.717) is 0 Å². The first-order valence-electron chi connectivity index (χ1n) is 5.97. The van der Waals surface area contributed by atoms with Gasteiger partial charge in [0.05, 0.1) is 29.3 Å². The average Bonchev–Trinajstić information content (AvgIpc) is 2.93. The molecule has 0 spiro atoms. The number of hydrogen-bond donors (Lipinski definition) is 3. The summed E-state index contributed by atoms with van der Waals surface area (Å²) in [5.74, 6) is -3.95. The number of aliphatic carboxylic acids is 1. The third kappa shape index (κ3) is 2.34. The first-order valence-corrected chi connectivity index (χ1v) is 5.97. The van der Waals surface area contributed by atoms with Crippen molar-refractivity contribution in [3.63, 3.8) is 0 Å². The summed E-state index contributed by atoms with van der Waals surface area (Å²) >= 11 is 0. The summed E-state index contributed by atoms with van der Waals surface area (Å²) in [6.07, 6.45) is 2.48. The molecule has 0 unspecified atom stereocenters. The fraction of sp³-hybridized carbons (Fsp3) is 0.385. The molecule has 0 aliphatic heterocycles. The number of hydrogen-bond acceptors (Lipinski definition) is 4. The van der Waals surface area contributed by atoms with E-state index in [0.717, 1.165) is 0 Å². The van der Waals surface area contributed by atoms with Crippen LogP contribution in [0.4, 0.5) is 5.69 Å². The van der Waals surface area contributed by atoms with Crippen LogP contribution in [0, 0.1) is 17.3 Å². The monoisotopic (exact) mass is 278 g/mol. The molecular formula is C13H14N2O5. The molecule has 2 atom stereocenters. The van der Waals surface area contributed by atoms with Crippen LogP contribution in [0.25, 0.3) is 0 Å². The van der Waals surface area contributed by atoms with Crippen molar-refractivity contribution in [1.82, 2.24) is 4.98 Å². The summed E-state index contributed by atoms with van der Waals surface area (Å²) in [6.45, 7) is 3.42. The van der Waals surface area contributed by atoms with E-state index in [1.165, 1.54) is 18.5 Å². The lowest BCUT2D eigenvalue weighted by Crippen LogP contribution is -2.18. The molecule has 0 radical (unpaired) electrons. The van der Waals surface area contributed by atoms with Crippen molar-refractivity contribution >= 4 is 23.5 Å². The molecule has 0 bridgehead atoms. The number of nitrogens with zero attached hydrogens (tertiary/aromatic N) is 1. The van der Waals surface area contributed by atoms with Gasteiger partial charge in [0.15, 0.2) is 0 Å². The molecule has 1 aliphatic rings. The van der Waals surface area contributed by atoms with Crippen molar-refractivity contribution in [1.29, 1.82) is 0 Å². The Balaban J connectivity index is 2.12. The minimum Gasteiger partial charge on any atom is -0.481 e. The van der Waals surface area contributed by atoms with E-state index < -0.39 is 35.1 Å². The van der Waals surface area contributed by atoms with Crippen LogP contribution in [0.15, 0.2) is 18.5 Å². The number of carboxylic acid groups (broad SMARTS) is 2. The minimum atomic E-state index is -1.15. The molecule has 1 fully saturated rings. The van der Waals surface area contributed by atoms with Crippen LogP contribution in [0.3, 0.4) is 0 Å². The number of pyridine rings is 1. The van der Waals surface area contributed by atoms with Gasteiger partial charge in [0, 0.05) is 6.20 Å². The van der Waals surface area contributed by atoms with Gasteiger partial charge >= 0.3 is 11.9 Å². The van der Waals surface area contributed by atoms with Gasteiger partial charge in [-0.05, 0) is 11.5 Å². The Kier molecular flexibility index (Phi) is 3.21. The molecule has 7 nitrogen and oxygen atoms in total. The highest BCUT2D eigenvalue weighted by Gasteiger charge is 2.65. The van der Waals surface area contributed by atoms with Gasteiger partial charge in [-0.2, -0.15) is 0 Å². The molecule has 2 rings (SSSR count). The molecule has 0 saturated heterocycles. The van der Waals surface area contributed by atoms with Crippen LogP contribution < -0.4 is 5.32 Å². The van der Waals surface area contributed by atoms with E-state index in [9.17, 15) is 14.4 Å². The summed E-state index contributed by atoms with van der Waals surface area (Å²) < 4.78 is 0. The molecule has 1 aliphatic carbocycles. The lowest BCUT2D eigenvalue weighted by Gasteiger charge is -2.06. The Morgan fingerprint density at radius 3 is 2.35 bits per heavy atom. The Morgan fingerprint density at radius 1 is 1.20 bits per heavy atom. The van der Waals surface area contributed by atoms with Crippen molar-refractivity contribution in [3.8, 4) is 0 Å². The summed E-state index contributed by atoms with van der Waals surface area (Å²) in [5.41, 5.74) is -0.414. The second-order valence-corrected chi connectivity index (χ2v) is 5.37. The van der Waals surface area contributed by atoms with Gasteiger partial charge in [0.2, 0.25) is 5.91 Å². The summed E-state index contributed by atoms with van der Waals surface area (Å²) in [7, 11) is 0. The van der Waals surface area contributed by atoms with Crippen molar-refractivity contribution in [3.05, 3.63) is 24.0 Å². The maximum atomic E-state index is 12.0. The van der Waals surface area contributed by atoms with E-state index >= 15 is 0 Å². The van der Waals surface area contributed by atoms with Crippen LogP contribution in [0.5, 0.6) is 0 Å². The number of aromatic nitrogens is 1. The average molecular weight is 278 g/mol. The highest BCUT2D eigenvalue weighted by Crippen LogP contribution is 2.58. The number of anilines is 1. The summed E-state index contributed by atoms with van der Waals surface area (Å²) in [5, 5.41) is 20.4. The van der Waals surface area contributed by atoms with E-state index in [-0.39, 0.29) is 11.3 Å². The third-order valence-corrected chi connectivity index (χ3v) is 3.63. The predicted molar refractivity (Wildman–Crippen MR) is 68.2 cm³/mol. The van der Waals surface area contributed by atoms with Crippen LogP contribution in [-0.4, -0.2) is 33.0 Å². The number of carboxylic acids is 2. The fourth-order valence-corrected chi connectivity index (χ4v) is 2.43. The van der Waals surface area contributed by atoms with Crippen molar-refractivity contribution in [2.24, 2.45) is 17.3 Å². The number of nitrogens with one attached hydrogen (secondary N) is 1. The normalized spacial score (nSPS) is 22.9. The van der Waals surface area contributed by atoms with Gasteiger partial charge in [-0.25, -0.2) is 4.79 Å². The molecular weight excluding hydrogens is 264 g/mol. The molecule has 1 amide bonds. The van der Waals surface area contributed by atoms with Gasteiger partial charge < -0.3 is 15.5 Å². The highest BCUT2D eigenvalue weighted by molar-refractivity contribution is 6.00. The summed E-state index contributed by atoms with van der Waals surface area (Å²) in [6, 6.07) is 1.28. The smallest absolute Gasteiger partial charge is 0.337 e. The minimum absolute atomic E-state index is 0.0485. The first-order chi connectivity index (χ1) is 9.25. The van der Waals surface area contributed by atoms with Crippen LogP contribution in [0.2, 0.25) is 0 Å². The number of rotatable bonds is 4. The van der Waals surface area contributed by atoms with Crippen molar-refractivity contribution in [2.75, 3.05) is 5.32 Å². The quantitative estimate of drug-likeness (QED) is 0.758. The zero-order valence-electron chi connectivity index (χ0n) is 11.0. The van der Waals surface area contributed by atoms with Crippen LogP contribution in [-0.2, 0) is 9.59 Å². The number of carbonyl (C=O) groups is 3. The number of carbonyl (C=O) groups excluding carboxylic acids is 1. The molecule has 3 N–H and O–H groups in total. The third-order valence-electron chi connectivity index (χ3n) is 3.63. The van der Waals surface area contributed by atoms with Gasteiger partial charge in [0.1, 0.15) is 0 Å². The Hall–Kier alpha value is -2.44. The van der Waals surface area contributed by atoms with E-state index in [1.807, 2.05) is 0 Å². The molecule has 1 aromatic rings. The zero-order valence-corrected chi connectivity index (χ0v) is 11.0. The largest absolute Gasteiger partial charge is 0.481 e. The lowest BCUT2D eigenvalue weighted by atomic mass is 10.1. The molecule has 1 aromatic heterocycles. The van der Waals surface area contributed by atoms with Crippen LogP contribution >= 0.6 is 0 Å². The first kappa shape index (κ1) is 14.0. The fourth-order valence-electron chi connectivity index (χ4n) is 2.43. The van der Waals surface area contributed by atoms with E-state index in [1.54, 1.807) is 13.8 Å². The van der Waals surface area contributed by atoms with Crippen LogP contribution in [0.1, 0.15) is 24.2 Å². The van der Waals surface area contributed by atoms with Gasteiger partial charge in [-0.15, -0.1) is 0 Å². The van der Waals surface area contributed by atoms with E-state index in [2.05, 4.69) is 10.3 Å². The second-order valence-electron chi connectivity index (χ2n) is 5.37. The van der Waals surface area contributed by atoms with Gasteiger partial charge in [-0.3, -0.25) is 14.6 Å².